The van der Waals surface area contributed by atoms with Crippen LogP contribution >= 0.6 is 34.8 Å². The highest BCUT2D eigenvalue weighted by Crippen LogP contribution is 2.27. The van der Waals surface area contributed by atoms with Crippen molar-refractivity contribution in [3.8, 4) is 0 Å². The summed E-state index contributed by atoms with van der Waals surface area (Å²) in [6.07, 6.45) is -1.45. The van der Waals surface area contributed by atoms with Gasteiger partial charge in [-0.05, 0) is 0 Å². The molecular formula is C6H8Cl3F2NO3. The highest BCUT2D eigenvalue weighted by molar-refractivity contribution is 6.67. The first-order valence-corrected chi connectivity index (χ1v) is 4.67. The first-order chi connectivity index (χ1) is 6.58. The average molecular weight is 287 g/mol. The summed E-state index contributed by atoms with van der Waals surface area (Å²) in [5, 5.41) is -0.274. The fourth-order valence-electron chi connectivity index (χ4n) is 0.597. The summed E-state index contributed by atoms with van der Waals surface area (Å²) < 4.78 is 27.7. The fraction of sp³-hybridized carbons (Fsp3) is 0.833. The Morgan fingerprint density at radius 3 is 2.13 bits per heavy atom. The zero-order valence-corrected chi connectivity index (χ0v) is 10.0. The number of carbonyl (C=O) groups excluding carboxylic acids is 1. The second kappa shape index (κ2) is 5.34. The standard InChI is InChI=1S/C6H8Cl3F2NO3/c1-5(10,11)12(14-2)4(13)15-3-6(7,8)9/h3H2,1-2H3/i12+1. The minimum absolute atomic E-state index is 0.274. The van der Waals surface area contributed by atoms with Gasteiger partial charge in [0.1, 0.15) is 6.61 Å². The zero-order valence-electron chi connectivity index (χ0n) is 7.77. The van der Waals surface area contributed by atoms with Crippen molar-refractivity contribution in [3.05, 3.63) is 0 Å². The van der Waals surface area contributed by atoms with E-state index in [0.717, 1.165) is 7.11 Å². The molecule has 0 aromatic rings. The van der Waals surface area contributed by atoms with Crippen LogP contribution in [0.3, 0.4) is 0 Å². The number of nitrogens with zero attached hydrogens (tertiary/aromatic N) is 1. The predicted octanol–water partition coefficient (Wildman–Crippen LogP) is 2.97. The molecule has 0 N–H and O–H groups in total. The average Bonchev–Trinajstić information content (AvgIpc) is 1.98. The number of hydrogen-bond donors (Lipinski definition) is 0. The normalized spacial score (nSPS) is 12.5. The molecule has 1 amide bonds. The van der Waals surface area contributed by atoms with E-state index >= 15 is 0 Å². The maximum absolute atomic E-state index is 12.7. The van der Waals surface area contributed by atoms with Crippen molar-refractivity contribution in [2.45, 2.75) is 16.8 Å². The molecule has 0 aliphatic carbocycles. The molecule has 0 radical (unpaired) electrons. The van der Waals surface area contributed by atoms with Gasteiger partial charge in [0.2, 0.25) is 3.79 Å². The van der Waals surface area contributed by atoms with Crippen molar-refractivity contribution in [3.63, 3.8) is 0 Å². The predicted molar refractivity (Wildman–Crippen MR) is 51.1 cm³/mol. The third-order valence-electron chi connectivity index (χ3n) is 1.06. The second-order valence-electron chi connectivity index (χ2n) is 2.49. The second-order valence-corrected chi connectivity index (χ2v) is 5.00. The third kappa shape index (κ3) is 6.19. The molecule has 0 aromatic carbocycles. The van der Waals surface area contributed by atoms with Gasteiger partial charge in [0, 0.05) is 6.92 Å². The van der Waals surface area contributed by atoms with Gasteiger partial charge in [0.05, 0.1) is 7.11 Å². The first kappa shape index (κ1) is 15.0. The quantitative estimate of drug-likeness (QED) is 0.347. The Bertz CT molecular complexity index is 229. The molecule has 4 nitrogen and oxygen atoms in total. The monoisotopic (exact) mass is 286 g/mol. The van der Waals surface area contributed by atoms with Crippen LogP contribution in [0.1, 0.15) is 6.92 Å². The Balaban J connectivity index is 4.31. The van der Waals surface area contributed by atoms with Crippen LogP contribution in [-0.2, 0) is 9.57 Å². The van der Waals surface area contributed by atoms with Gasteiger partial charge in [-0.2, -0.15) is 8.78 Å². The van der Waals surface area contributed by atoms with Crippen molar-refractivity contribution in [2.75, 3.05) is 13.7 Å². The maximum atomic E-state index is 12.7. The lowest BCUT2D eigenvalue weighted by Crippen LogP contribution is -2.43. The van der Waals surface area contributed by atoms with Crippen molar-refractivity contribution in [1.82, 2.24) is 5.06 Å². The van der Waals surface area contributed by atoms with Crippen molar-refractivity contribution in [1.29, 1.82) is 0 Å². The summed E-state index contributed by atoms with van der Waals surface area (Å²) in [5.74, 6) is 0. The molecule has 9 heteroatoms. The number of rotatable bonds is 3. The molecule has 0 rings (SSSR count). The lowest BCUT2D eigenvalue weighted by molar-refractivity contribution is -0.267. The molecule has 0 spiro atoms. The molecule has 90 valence electrons. The van der Waals surface area contributed by atoms with Gasteiger partial charge in [-0.1, -0.05) is 34.8 Å². The van der Waals surface area contributed by atoms with E-state index in [4.69, 9.17) is 34.8 Å². The van der Waals surface area contributed by atoms with Crippen LogP contribution in [-0.4, -0.2) is 34.7 Å². The zero-order chi connectivity index (χ0) is 12.3. The molecule has 0 bridgehead atoms. The molecule has 0 aromatic heterocycles. The Hall–Kier alpha value is -0.0400. The molecule has 0 aliphatic rings. The van der Waals surface area contributed by atoms with E-state index in [-0.39, 0.29) is 5.06 Å². The van der Waals surface area contributed by atoms with E-state index in [1.165, 1.54) is 0 Å². The van der Waals surface area contributed by atoms with Crippen LogP contribution in [0.4, 0.5) is 13.6 Å². The van der Waals surface area contributed by atoms with Crippen LogP contribution in [0.2, 0.25) is 0 Å². The summed E-state index contributed by atoms with van der Waals surface area (Å²) in [4.78, 5) is 15.1. The lowest BCUT2D eigenvalue weighted by atomic mass is 10.7. The highest BCUT2D eigenvalue weighted by Gasteiger charge is 2.38. The molecule has 0 unspecified atom stereocenters. The van der Waals surface area contributed by atoms with Crippen LogP contribution in [0, 0.1) is 0 Å². The topological polar surface area (TPSA) is 38.8 Å². The van der Waals surface area contributed by atoms with Gasteiger partial charge in [-0.3, -0.25) is 4.84 Å². The van der Waals surface area contributed by atoms with Gasteiger partial charge < -0.3 is 4.74 Å². The molecule has 0 saturated heterocycles. The highest BCUT2D eigenvalue weighted by atomic mass is 35.6. The van der Waals surface area contributed by atoms with Gasteiger partial charge in [-0.25, -0.2) is 4.79 Å². The third-order valence-corrected chi connectivity index (χ3v) is 1.39. The number of halogens is 5. The van der Waals surface area contributed by atoms with E-state index in [2.05, 4.69) is 9.57 Å². The van der Waals surface area contributed by atoms with E-state index in [0.29, 0.717) is 6.92 Å². The van der Waals surface area contributed by atoms with E-state index in [1.807, 2.05) is 0 Å². The van der Waals surface area contributed by atoms with Gasteiger partial charge in [0.15, 0.2) is 0 Å². The summed E-state index contributed by atoms with van der Waals surface area (Å²) in [6.45, 7) is -0.209. The molecule has 0 atom stereocenters. The minimum Gasteiger partial charge on any atom is -0.443 e. The Kier molecular flexibility index (Phi) is 5.32. The minimum atomic E-state index is -3.53. The van der Waals surface area contributed by atoms with Gasteiger partial charge >= 0.3 is 12.1 Å². The van der Waals surface area contributed by atoms with Gasteiger partial charge in [0.25, 0.3) is 0 Å². The maximum Gasteiger partial charge on any atom is 0.439 e. The van der Waals surface area contributed by atoms with Crippen LogP contribution in [0.25, 0.3) is 0 Å². The van der Waals surface area contributed by atoms with Gasteiger partial charge in [-0.15, -0.1) is 5.06 Å². The Labute approximate surface area is 99.9 Å². The summed E-state index contributed by atoms with van der Waals surface area (Å²) in [7, 11) is 0.883. The molecule has 0 fully saturated rings. The van der Waals surface area contributed by atoms with E-state index in [1.54, 1.807) is 0 Å². The van der Waals surface area contributed by atoms with E-state index in [9.17, 15) is 13.6 Å². The van der Waals surface area contributed by atoms with Crippen LogP contribution in [0.5, 0.6) is 0 Å². The largest absolute Gasteiger partial charge is 0.443 e. The molecule has 15 heavy (non-hydrogen) atoms. The Morgan fingerprint density at radius 1 is 1.40 bits per heavy atom. The fourth-order valence-corrected chi connectivity index (χ4v) is 0.761. The number of ether oxygens (including phenoxy) is 1. The number of hydroxylamine groups is 2. The number of hydrogen-bond acceptors (Lipinski definition) is 3. The molecular weight excluding hydrogens is 279 g/mol. The molecule has 0 saturated carbocycles. The van der Waals surface area contributed by atoms with Crippen LogP contribution < -0.4 is 0 Å². The number of alkyl halides is 5. The SMILES string of the molecule is CO[15N](C(=O)OCC(Cl)(Cl)Cl)C(C)(F)F. The summed E-state index contributed by atoms with van der Waals surface area (Å²) in [6, 6.07) is -3.53. The van der Waals surface area contributed by atoms with Crippen molar-refractivity contribution >= 4 is 40.9 Å². The first-order valence-electron chi connectivity index (χ1n) is 3.53. The smallest absolute Gasteiger partial charge is 0.439 e. The lowest BCUT2D eigenvalue weighted by Gasteiger charge is -2.25. The summed E-state index contributed by atoms with van der Waals surface area (Å²) >= 11 is 15.7. The Morgan fingerprint density at radius 2 is 1.87 bits per heavy atom. The van der Waals surface area contributed by atoms with E-state index < -0.39 is 22.5 Å². The molecule has 0 aliphatic heterocycles. The molecule has 0 heterocycles. The summed E-state index contributed by atoms with van der Waals surface area (Å²) in [5.41, 5.74) is 0. The van der Waals surface area contributed by atoms with Crippen molar-refractivity contribution in [2.24, 2.45) is 0 Å². The number of carbonyl (C=O) groups is 1. The number of amides is 1. The van der Waals surface area contributed by atoms with Crippen LogP contribution in [0.15, 0.2) is 0 Å². The van der Waals surface area contributed by atoms with Crippen molar-refractivity contribution < 1.29 is 23.1 Å².